The lowest BCUT2D eigenvalue weighted by Crippen LogP contribution is -2.25. The molecule has 2 heterocycles. The van der Waals surface area contributed by atoms with Crippen LogP contribution in [0.4, 0.5) is 5.82 Å². The van der Waals surface area contributed by atoms with Crippen molar-refractivity contribution in [1.82, 2.24) is 4.98 Å². The summed E-state index contributed by atoms with van der Waals surface area (Å²) < 4.78 is 0. The molecule has 1 aliphatic rings. The summed E-state index contributed by atoms with van der Waals surface area (Å²) in [5.41, 5.74) is 0.925. The van der Waals surface area contributed by atoms with E-state index in [1.54, 1.807) is 11.1 Å². The maximum absolute atomic E-state index is 11.7. The summed E-state index contributed by atoms with van der Waals surface area (Å²) in [5.74, 6) is 1.49. The van der Waals surface area contributed by atoms with Gasteiger partial charge in [0.05, 0.1) is 5.02 Å². The van der Waals surface area contributed by atoms with Gasteiger partial charge in [0.25, 0.3) is 0 Å². The lowest BCUT2D eigenvalue weighted by Gasteiger charge is -2.15. The number of alkyl halides is 1. The van der Waals surface area contributed by atoms with E-state index in [1.807, 2.05) is 13.0 Å². The molecule has 3 nitrogen and oxygen atoms in total. The van der Waals surface area contributed by atoms with Crippen LogP contribution in [0.3, 0.4) is 0 Å². The van der Waals surface area contributed by atoms with Gasteiger partial charge in [0.1, 0.15) is 5.82 Å². The van der Waals surface area contributed by atoms with Crippen LogP contribution in [0, 0.1) is 12.8 Å². The molecule has 0 spiro atoms. The van der Waals surface area contributed by atoms with E-state index in [0.29, 0.717) is 29.7 Å². The van der Waals surface area contributed by atoms with Crippen molar-refractivity contribution in [2.75, 3.05) is 17.3 Å². The van der Waals surface area contributed by atoms with Gasteiger partial charge in [0, 0.05) is 25.0 Å². The summed E-state index contributed by atoms with van der Waals surface area (Å²) in [6.45, 7) is 2.55. The summed E-state index contributed by atoms with van der Waals surface area (Å²) in [5, 5.41) is 0.615. The van der Waals surface area contributed by atoms with E-state index in [2.05, 4.69) is 4.98 Å². The average molecular weight is 259 g/mol. The number of aromatic nitrogens is 1. The van der Waals surface area contributed by atoms with Gasteiger partial charge < -0.3 is 0 Å². The van der Waals surface area contributed by atoms with Crippen LogP contribution in [0.2, 0.25) is 5.02 Å². The van der Waals surface area contributed by atoms with Gasteiger partial charge in [-0.05, 0) is 24.5 Å². The largest absolute Gasteiger partial charge is 0.296 e. The third-order valence-electron chi connectivity index (χ3n) is 2.73. The number of carbonyl (C=O) groups is 1. The summed E-state index contributed by atoms with van der Waals surface area (Å²) in [4.78, 5) is 17.6. The highest BCUT2D eigenvalue weighted by atomic mass is 35.5. The number of anilines is 1. The Morgan fingerprint density at radius 3 is 2.94 bits per heavy atom. The smallest absolute Gasteiger partial charge is 0.228 e. The number of amides is 1. The Bertz CT molecular complexity index is 422. The number of carbonyl (C=O) groups excluding carboxylic acids is 1. The van der Waals surface area contributed by atoms with Crippen molar-refractivity contribution in [3.05, 3.63) is 22.8 Å². The molecule has 5 heteroatoms. The van der Waals surface area contributed by atoms with Crippen molar-refractivity contribution in [1.29, 1.82) is 0 Å². The van der Waals surface area contributed by atoms with E-state index in [9.17, 15) is 4.79 Å². The summed E-state index contributed by atoms with van der Waals surface area (Å²) >= 11 is 11.7. The Balaban J connectivity index is 2.24. The number of hydrogen-bond donors (Lipinski definition) is 0. The molecule has 1 amide bonds. The predicted molar refractivity (Wildman–Crippen MR) is 65.2 cm³/mol. The lowest BCUT2D eigenvalue weighted by molar-refractivity contribution is -0.117. The van der Waals surface area contributed by atoms with Crippen LogP contribution in [0.1, 0.15) is 12.0 Å². The highest BCUT2D eigenvalue weighted by Gasteiger charge is 2.30. The molecule has 1 aromatic rings. The Morgan fingerprint density at radius 2 is 2.38 bits per heavy atom. The Kier molecular flexibility index (Phi) is 3.36. The molecule has 2 rings (SSSR count). The van der Waals surface area contributed by atoms with Gasteiger partial charge in [0.2, 0.25) is 5.91 Å². The van der Waals surface area contributed by atoms with Gasteiger partial charge >= 0.3 is 0 Å². The van der Waals surface area contributed by atoms with Gasteiger partial charge in [0.15, 0.2) is 0 Å². The normalized spacial score (nSPS) is 20.6. The summed E-state index contributed by atoms with van der Waals surface area (Å²) in [6, 6.07) is 1.83. The Hall–Kier alpha value is -0.800. The highest BCUT2D eigenvalue weighted by molar-refractivity contribution is 6.31. The number of nitrogens with zero attached hydrogens (tertiary/aromatic N) is 2. The van der Waals surface area contributed by atoms with Crippen molar-refractivity contribution in [2.24, 2.45) is 5.92 Å². The van der Waals surface area contributed by atoms with Crippen molar-refractivity contribution in [2.45, 2.75) is 13.3 Å². The SMILES string of the molecule is Cc1cc(N2CC(CCl)CC2=O)ncc1Cl. The van der Waals surface area contributed by atoms with Crippen LogP contribution in [0.25, 0.3) is 0 Å². The number of hydrogen-bond acceptors (Lipinski definition) is 2. The third-order valence-corrected chi connectivity index (χ3v) is 3.56. The van der Waals surface area contributed by atoms with Crippen LogP contribution in [-0.4, -0.2) is 23.3 Å². The zero-order valence-corrected chi connectivity index (χ0v) is 10.4. The first-order valence-electron chi connectivity index (χ1n) is 5.10. The van der Waals surface area contributed by atoms with E-state index in [4.69, 9.17) is 23.2 Å². The van der Waals surface area contributed by atoms with Gasteiger partial charge in [-0.1, -0.05) is 11.6 Å². The van der Waals surface area contributed by atoms with E-state index < -0.39 is 0 Å². The molecular formula is C11H12Cl2N2O. The van der Waals surface area contributed by atoms with Gasteiger partial charge in [-0.15, -0.1) is 11.6 Å². The first-order valence-corrected chi connectivity index (χ1v) is 6.01. The van der Waals surface area contributed by atoms with Crippen LogP contribution in [-0.2, 0) is 4.79 Å². The Morgan fingerprint density at radius 1 is 1.62 bits per heavy atom. The molecule has 1 aliphatic heterocycles. The maximum Gasteiger partial charge on any atom is 0.228 e. The molecule has 0 aromatic carbocycles. The second-order valence-corrected chi connectivity index (χ2v) is 4.74. The minimum atomic E-state index is 0.0832. The second kappa shape index (κ2) is 4.60. The van der Waals surface area contributed by atoms with Crippen molar-refractivity contribution < 1.29 is 4.79 Å². The standard InChI is InChI=1S/C11H12Cl2N2O/c1-7-2-10(14-5-9(7)13)15-6-8(4-12)3-11(15)16/h2,5,8H,3-4,6H2,1H3. The molecular weight excluding hydrogens is 247 g/mol. The molecule has 16 heavy (non-hydrogen) atoms. The van der Waals surface area contributed by atoms with E-state index in [-0.39, 0.29) is 11.8 Å². The van der Waals surface area contributed by atoms with Gasteiger partial charge in [-0.2, -0.15) is 0 Å². The lowest BCUT2D eigenvalue weighted by atomic mass is 10.1. The van der Waals surface area contributed by atoms with E-state index in [0.717, 1.165) is 5.56 Å². The molecule has 86 valence electrons. The zero-order chi connectivity index (χ0) is 11.7. The number of aryl methyl sites for hydroxylation is 1. The molecule has 0 saturated carbocycles. The maximum atomic E-state index is 11.7. The van der Waals surface area contributed by atoms with Crippen molar-refractivity contribution in [3.8, 4) is 0 Å². The minimum Gasteiger partial charge on any atom is -0.296 e. The fourth-order valence-corrected chi connectivity index (χ4v) is 2.09. The van der Waals surface area contributed by atoms with Crippen molar-refractivity contribution >= 4 is 34.9 Å². The molecule has 0 bridgehead atoms. The molecule has 0 N–H and O–H groups in total. The van der Waals surface area contributed by atoms with Crippen LogP contribution in [0.5, 0.6) is 0 Å². The average Bonchev–Trinajstić information content (AvgIpc) is 2.64. The second-order valence-electron chi connectivity index (χ2n) is 4.02. The van der Waals surface area contributed by atoms with Gasteiger partial charge in [-0.3, -0.25) is 9.69 Å². The molecule has 0 radical (unpaired) electrons. The summed E-state index contributed by atoms with van der Waals surface area (Å²) in [7, 11) is 0. The number of pyridine rings is 1. The van der Waals surface area contributed by atoms with Crippen LogP contribution >= 0.6 is 23.2 Å². The number of halogens is 2. The highest BCUT2D eigenvalue weighted by Crippen LogP contribution is 2.26. The topological polar surface area (TPSA) is 33.2 Å². The molecule has 1 atom stereocenters. The monoisotopic (exact) mass is 258 g/mol. The first kappa shape index (κ1) is 11.7. The molecule has 1 unspecified atom stereocenters. The zero-order valence-electron chi connectivity index (χ0n) is 8.91. The van der Waals surface area contributed by atoms with Gasteiger partial charge in [-0.25, -0.2) is 4.98 Å². The fraction of sp³-hybridized carbons (Fsp3) is 0.455. The third kappa shape index (κ3) is 2.15. The van der Waals surface area contributed by atoms with E-state index >= 15 is 0 Å². The van der Waals surface area contributed by atoms with Crippen LogP contribution < -0.4 is 4.90 Å². The van der Waals surface area contributed by atoms with E-state index in [1.165, 1.54) is 0 Å². The summed E-state index contributed by atoms with van der Waals surface area (Å²) in [6.07, 6.45) is 2.08. The predicted octanol–water partition coefficient (Wildman–Crippen LogP) is 2.64. The number of rotatable bonds is 2. The molecule has 0 aliphatic carbocycles. The van der Waals surface area contributed by atoms with Crippen molar-refractivity contribution in [3.63, 3.8) is 0 Å². The quantitative estimate of drug-likeness (QED) is 0.765. The molecule has 1 saturated heterocycles. The molecule has 1 aromatic heterocycles. The Labute approximate surface area is 104 Å². The minimum absolute atomic E-state index is 0.0832. The van der Waals surface area contributed by atoms with Crippen LogP contribution in [0.15, 0.2) is 12.3 Å². The fourth-order valence-electron chi connectivity index (χ4n) is 1.78. The first-order chi connectivity index (χ1) is 7.61. The molecule has 1 fully saturated rings.